The molecule has 1 heterocycles. The number of anilines is 1. The number of rotatable bonds is 0. The van der Waals surface area contributed by atoms with Crippen LogP contribution in [0, 0.1) is 0 Å². The molecule has 0 radical (unpaired) electrons. The number of hydrogen-bond acceptors (Lipinski definition) is 2. The first-order valence-corrected chi connectivity index (χ1v) is 2.72. The smallest absolute Gasteiger partial charge is 0.123 e. The van der Waals surface area contributed by atoms with E-state index in [-0.39, 0.29) is 28.5 Å². The van der Waals surface area contributed by atoms with Crippen LogP contribution in [0.3, 0.4) is 0 Å². The van der Waals surface area contributed by atoms with Crippen LogP contribution >= 0.6 is 15.9 Å². The summed E-state index contributed by atoms with van der Waals surface area (Å²) in [5.41, 5.74) is 5.23. The number of hydrogen-bond donors (Lipinski definition) is 1. The summed E-state index contributed by atoms with van der Waals surface area (Å²) in [5.74, 6) is -0.0804. The Morgan fingerprint density at radius 1 is 1.75 bits per heavy atom. The van der Waals surface area contributed by atoms with Crippen LogP contribution < -0.4 is 5.73 Å². The van der Waals surface area contributed by atoms with Gasteiger partial charge in [-0.1, -0.05) is 0 Å². The molecule has 0 aliphatic rings. The molecule has 0 bridgehead atoms. The third kappa shape index (κ3) is 1.20. The quantitative estimate of drug-likeness (QED) is 0.649. The van der Waals surface area contributed by atoms with E-state index < -0.39 is 0 Å². The third-order valence-electron chi connectivity index (χ3n) is 0.575. The van der Waals surface area contributed by atoms with Gasteiger partial charge in [0.15, 0.2) is 0 Å². The lowest BCUT2D eigenvalue weighted by Crippen LogP contribution is -1.86. The van der Waals surface area contributed by atoms with Gasteiger partial charge in [-0.15, -0.1) is 0 Å². The van der Waals surface area contributed by atoms with Crippen LogP contribution in [0.1, 0.15) is 4.11 Å². The Kier molecular flexibility index (Phi) is 0.753. The van der Waals surface area contributed by atoms with E-state index in [9.17, 15) is 0 Å². The van der Waals surface area contributed by atoms with Crippen LogP contribution in [0.25, 0.3) is 0 Å². The van der Waals surface area contributed by atoms with Gasteiger partial charge in [-0.3, -0.25) is 0 Å². The molecule has 1 aromatic heterocycles. The predicted molar refractivity (Wildman–Crippen MR) is 36.3 cm³/mol. The summed E-state index contributed by atoms with van der Waals surface area (Å²) in [6.07, 6.45) is -0.108. The molecule has 0 atom stereocenters. The molecule has 42 valence electrons. The van der Waals surface area contributed by atoms with Crippen molar-refractivity contribution in [3.8, 4) is 0 Å². The Morgan fingerprint density at radius 2 is 2.50 bits per heavy atom. The minimum atomic E-state index is -0.145. The average Bonchev–Trinajstić information content (AvgIpc) is 1.97. The van der Waals surface area contributed by atoms with Crippen molar-refractivity contribution in [2.45, 2.75) is 0 Å². The maximum atomic E-state index is 7.25. The molecule has 0 amide bonds. The summed E-state index contributed by atoms with van der Waals surface area (Å²) in [4.78, 5) is 3.52. The van der Waals surface area contributed by atoms with E-state index >= 15 is 0 Å². The third-order valence-corrected chi connectivity index (χ3v) is 0.950. The molecular formula is C5H5BrN2. The molecule has 2 N–H and O–H groups in total. The minimum absolute atomic E-state index is 0.0804. The predicted octanol–water partition coefficient (Wildman–Crippen LogP) is 1.43. The molecule has 0 aliphatic carbocycles. The van der Waals surface area contributed by atoms with E-state index in [0.29, 0.717) is 0 Å². The molecule has 3 heteroatoms. The maximum absolute atomic E-state index is 7.25. The summed E-state index contributed by atoms with van der Waals surface area (Å²) >= 11 is 2.95. The van der Waals surface area contributed by atoms with Gasteiger partial charge in [-0.25, -0.2) is 4.98 Å². The molecule has 2 nitrogen and oxygen atoms in total. The van der Waals surface area contributed by atoms with Crippen molar-refractivity contribution < 1.29 is 4.11 Å². The van der Waals surface area contributed by atoms with E-state index in [1.54, 1.807) is 0 Å². The van der Waals surface area contributed by atoms with E-state index in [1.165, 1.54) is 0 Å². The Morgan fingerprint density at radius 3 is 3.25 bits per heavy atom. The molecule has 0 saturated carbocycles. The zero-order valence-electron chi connectivity index (χ0n) is 6.90. The van der Waals surface area contributed by atoms with Crippen molar-refractivity contribution in [1.29, 1.82) is 0 Å². The summed E-state index contributed by atoms with van der Waals surface area (Å²) in [6, 6.07) is -0.240. The second-order valence-electron chi connectivity index (χ2n) is 1.17. The molecule has 0 unspecified atom stereocenters. The van der Waals surface area contributed by atoms with E-state index in [0.717, 1.165) is 0 Å². The van der Waals surface area contributed by atoms with Gasteiger partial charge in [-0.2, -0.15) is 0 Å². The highest BCUT2D eigenvalue weighted by atomic mass is 79.9. The highest BCUT2D eigenvalue weighted by Gasteiger charge is 1.83. The minimum Gasteiger partial charge on any atom is -0.384 e. The van der Waals surface area contributed by atoms with E-state index in [4.69, 9.17) is 9.85 Å². The highest BCUT2D eigenvalue weighted by molar-refractivity contribution is 9.10. The van der Waals surface area contributed by atoms with Crippen LogP contribution in [0.4, 0.5) is 5.82 Å². The fraction of sp³-hybridized carbons (Fsp3) is 0. The van der Waals surface area contributed by atoms with Gasteiger partial charge in [0.25, 0.3) is 0 Å². The Hall–Kier alpha value is -0.570. The van der Waals surface area contributed by atoms with E-state index in [2.05, 4.69) is 20.9 Å². The molecule has 0 aromatic carbocycles. The van der Waals surface area contributed by atoms with Crippen LogP contribution in [0.15, 0.2) is 22.7 Å². The normalized spacial score (nSPS) is 14.4. The zero-order valence-corrected chi connectivity index (χ0v) is 5.49. The molecule has 0 saturated heterocycles. The summed E-state index contributed by atoms with van der Waals surface area (Å²) in [7, 11) is 0. The highest BCUT2D eigenvalue weighted by Crippen LogP contribution is 2.07. The van der Waals surface area contributed by atoms with Gasteiger partial charge in [0.2, 0.25) is 0 Å². The first-order valence-electron chi connectivity index (χ1n) is 3.42. The molecule has 0 fully saturated rings. The Bertz CT molecular complexity index is 276. The number of nitrogens with zero attached hydrogens (tertiary/aromatic N) is 1. The molecule has 0 aliphatic heterocycles. The van der Waals surface area contributed by atoms with E-state index in [1.807, 2.05) is 0 Å². The Labute approximate surface area is 60.1 Å². The van der Waals surface area contributed by atoms with Crippen molar-refractivity contribution in [3.63, 3.8) is 0 Å². The Balaban J connectivity index is 3.46. The second-order valence-corrected chi connectivity index (χ2v) is 1.97. The standard InChI is InChI=1S/C5H5BrN2/c6-4-1-2-5(7)8-3-4/h1-3H,(H2,7,8)/i1D,2D,3D. The number of pyridine rings is 1. The van der Waals surface area contributed by atoms with Crippen molar-refractivity contribution in [2.75, 3.05) is 5.73 Å². The zero-order chi connectivity index (χ0) is 8.59. The van der Waals surface area contributed by atoms with Crippen molar-refractivity contribution >= 4 is 21.7 Å². The van der Waals surface area contributed by atoms with Crippen LogP contribution in [0.2, 0.25) is 0 Å². The van der Waals surface area contributed by atoms with Gasteiger partial charge < -0.3 is 5.73 Å². The van der Waals surface area contributed by atoms with Gasteiger partial charge in [-0.05, 0) is 28.0 Å². The first kappa shape index (κ1) is 2.82. The molecular weight excluding hydrogens is 168 g/mol. The number of halogens is 1. The number of aromatic nitrogens is 1. The van der Waals surface area contributed by atoms with Crippen LogP contribution in [-0.4, -0.2) is 4.98 Å². The largest absolute Gasteiger partial charge is 0.384 e. The monoisotopic (exact) mass is 175 g/mol. The van der Waals surface area contributed by atoms with Gasteiger partial charge in [0.1, 0.15) is 5.82 Å². The maximum Gasteiger partial charge on any atom is 0.123 e. The number of nitrogen functional groups attached to an aromatic ring is 1. The fourth-order valence-corrected chi connectivity index (χ4v) is 0.472. The molecule has 1 rings (SSSR count). The topological polar surface area (TPSA) is 38.9 Å². The molecule has 0 spiro atoms. The lowest BCUT2D eigenvalue weighted by atomic mass is 10.5. The lowest BCUT2D eigenvalue weighted by molar-refractivity contribution is 1.32. The van der Waals surface area contributed by atoms with Gasteiger partial charge in [0, 0.05) is 10.6 Å². The molecule has 8 heavy (non-hydrogen) atoms. The van der Waals surface area contributed by atoms with Gasteiger partial charge in [0.05, 0.1) is 4.11 Å². The van der Waals surface area contributed by atoms with Crippen molar-refractivity contribution in [1.82, 2.24) is 4.98 Å². The average molecular weight is 176 g/mol. The fourth-order valence-electron chi connectivity index (χ4n) is 0.284. The summed E-state index contributed by atoms with van der Waals surface area (Å²) < 4.78 is 21.8. The molecule has 1 aromatic rings. The second kappa shape index (κ2) is 2.13. The van der Waals surface area contributed by atoms with Crippen molar-refractivity contribution in [3.05, 3.63) is 22.7 Å². The first-order chi connectivity index (χ1) is 5.04. The lowest BCUT2D eigenvalue weighted by Gasteiger charge is -1.88. The number of nitrogens with two attached hydrogens (primary N) is 1. The van der Waals surface area contributed by atoms with Crippen LogP contribution in [-0.2, 0) is 0 Å². The SMILES string of the molecule is [2H]c1nc(N)c([2H])c([2H])c1Br. The summed E-state index contributed by atoms with van der Waals surface area (Å²) in [5, 5.41) is 0. The summed E-state index contributed by atoms with van der Waals surface area (Å²) in [6.45, 7) is 0. The van der Waals surface area contributed by atoms with Crippen molar-refractivity contribution in [2.24, 2.45) is 0 Å². The van der Waals surface area contributed by atoms with Crippen LogP contribution in [0.5, 0.6) is 0 Å². The van der Waals surface area contributed by atoms with Gasteiger partial charge >= 0.3 is 0 Å².